The molecule has 0 unspecified atom stereocenters. The van der Waals surface area contributed by atoms with E-state index in [2.05, 4.69) is 0 Å². The molecule has 0 aliphatic rings. The highest BCUT2D eigenvalue weighted by Crippen LogP contribution is 2.23. The summed E-state index contributed by atoms with van der Waals surface area (Å²) in [5, 5.41) is 0. The van der Waals surface area contributed by atoms with Gasteiger partial charge < -0.3 is 10.5 Å². The van der Waals surface area contributed by atoms with Gasteiger partial charge in [-0.15, -0.1) is 0 Å². The van der Waals surface area contributed by atoms with E-state index < -0.39 is 11.8 Å². The first-order valence-electron chi connectivity index (χ1n) is 6.02. The van der Waals surface area contributed by atoms with Gasteiger partial charge in [0.05, 0.1) is 12.7 Å². The van der Waals surface area contributed by atoms with Crippen LogP contribution in [-0.2, 0) is 9.53 Å². The van der Waals surface area contributed by atoms with Crippen LogP contribution in [0.2, 0.25) is 0 Å². The lowest BCUT2D eigenvalue weighted by Gasteiger charge is -2.07. The SMILES string of the molecule is COC(=O)/C(=C/c1ccccc1N)c1cccc(F)c1. The Labute approximate surface area is 116 Å². The third-order valence-corrected chi connectivity index (χ3v) is 2.84. The molecule has 2 rings (SSSR count). The van der Waals surface area contributed by atoms with Crippen LogP contribution in [-0.4, -0.2) is 13.1 Å². The van der Waals surface area contributed by atoms with Gasteiger partial charge in [0.15, 0.2) is 0 Å². The number of nitrogens with two attached hydrogens (primary N) is 1. The molecule has 2 aromatic rings. The molecule has 0 radical (unpaired) electrons. The van der Waals surface area contributed by atoms with Gasteiger partial charge in [-0.05, 0) is 35.4 Å². The Bertz CT molecular complexity index is 665. The van der Waals surface area contributed by atoms with Gasteiger partial charge in [-0.1, -0.05) is 30.3 Å². The lowest BCUT2D eigenvalue weighted by molar-refractivity contribution is -0.133. The van der Waals surface area contributed by atoms with Crippen molar-refractivity contribution in [3.8, 4) is 0 Å². The van der Waals surface area contributed by atoms with Crippen molar-refractivity contribution < 1.29 is 13.9 Å². The number of ether oxygens (including phenoxy) is 1. The van der Waals surface area contributed by atoms with Crippen LogP contribution < -0.4 is 5.73 Å². The molecule has 0 aliphatic carbocycles. The molecule has 0 aliphatic heterocycles. The van der Waals surface area contributed by atoms with Crippen LogP contribution >= 0.6 is 0 Å². The predicted octanol–water partition coefficient (Wildman–Crippen LogP) is 3.12. The van der Waals surface area contributed by atoms with Crippen molar-refractivity contribution >= 4 is 23.3 Å². The average molecular weight is 271 g/mol. The minimum Gasteiger partial charge on any atom is -0.465 e. The van der Waals surface area contributed by atoms with E-state index >= 15 is 0 Å². The summed E-state index contributed by atoms with van der Waals surface area (Å²) >= 11 is 0. The van der Waals surface area contributed by atoms with Gasteiger partial charge in [-0.25, -0.2) is 9.18 Å². The highest BCUT2D eigenvalue weighted by Gasteiger charge is 2.13. The van der Waals surface area contributed by atoms with Crippen molar-refractivity contribution in [2.45, 2.75) is 0 Å². The molecular formula is C16H14FNO2. The topological polar surface area (TPSA) is 52.3 Å². The van der Waals surface area contributed by atoms with Gasteiger partial charge in [0.25, 0.3) is 0 Å². The second kappa shape index (κ2) is 6.02. The average Bonchev–Trinajstić information content (AvgIpc) is 2.45. The zero-order valence-electron chi connectivity index (χ0n) is 11.0. The fourth-order valence-electron chi connectivity index (χ4n) is 1.82. The van der Waals surface area contributed by atoms with Gasteiger partial charge >= 0.3 is 5.97 Å². The fraction of sp³-hybridized carbons (Fsp3) is 0.0625. The summed E-state index contributed by atoms with van der Waals surface area (Å²) in [5.41, 5.74) is 7.76. The van der Waals surface area contributed by atoms with Gasteiger partial charge in [0.1, 0.15) is 5.82 Å². The van der Waals surface area contributed by atoms with E-state index in [4.69, 9.17) is 10.5 Å². The maximum atomic E-state index is 13.3. The molecule has 3 nitrogen and oxygen atoms in total. The number of hydrogen-bond donors (Lipinski definition) is 1. The summed E-state index contributed by atoms with van der Waals surface area (Å²) in [6.07, 6.45) is 1.59. The van der Waals surface area contributed by atoms with Crippen LogP contribution in [0.25, 0.3) is 11.6 Å². The lowest BCUT2D eigenvalue weighted by atomic mass is 10.0. The Kier molecular flexibility index (Phi) is 4.15. The van der Waals surface area contributed by atoms with Crippen molar-refractivity contribution in [2.75, 3.05) is 12.8 Å². The van der Waals surface area contributed by atoms with Gasteiger partial charge in [0.2, 0.25) is 0 Å². The second-order valence-corrected chi connectivity index (χ2v) is 4.19. The first-order valence-corrected chi connectivity index (χ1v) is 6.02. The number of carbonyl (C=O) groups excluding carboxylic acids is 1. The molecular weight excluding hydrogens is 257 g/mol. The number of benzene rings is 2. The molecule has 0 heterocycles. The highest BCUT2D eigenvalue weighted by atomic mass is 19.1. The third kappa shape index (κ3) is 3.03. The molecule has 2 N–H and O–H groups in total. The van der Waals surface area contributed by atoms with Crippen LogP contribution in [0, 0.1) is 5.82 Å². The van der Waals surface area contributed by atoms with E-state index in [-0.39, 0.29) is 5.57 Å². The van der Waals surface area contributed by atoms with Gasteiger partial charge in [0, 0.05) is 5.69 Å². The van der Waals surface area contributed by atoms with E-state index in [1.807, 2.05) is 6.07 Å². The van der Waals surface area contributed by atoms with Crippen molar-refractivity contribution in [2.24, 2.45) is 0 Å². The second-order valence-electron chi connectivity index (χ2n) is 4.19. The van der Waals surface area contributed by atoms with E-state index in [1.54, 1.807) is 30.3 Å². The molecule has 0 saturated heterocycles. The van der Waals surface area contributed by atoms with E-state index in [9.17, 15) is 9.18 Å². The molecule has 20 heavy (non-hydrogen) atoms. The zero-order valence-corrected chi connectivity index (χ0v) is 11.0. The maximum Gasteiger partial charge on any atom is 0.338 e. The zero-order chi connectivity index (χ0) is 14.5. The minimum absolute atomic E-state index is 0.255. The van der Waals surface area contributed by atoms with E-state index in [0.717, 1.165) is 0 Å². The predicted molar refractivity (Wildman–Crippen MR) is 77.1 cm³/mol. The van der Waals surface area contributed by atoms with Crippen LogP contribution in [0.4, 0.5) is 10.1 Å². The molecule has 0 bridgehead atoms. The normalized spacial score (nSPS) is 11.2. The highest BCUT2D eigenvalue weighted by molar-refractivity contribution is 6.21. The molecule has 4 heteroatoms. The molecule has 102 valence electrons. The number of para-hydroxylation sites is 1. The van der Waals surface area contributed by atoms with E-state index in [0.29, 0.717) is 16.8 Å². The van der Waals surface area contributed by atoms with Crippen molar-refractivity contribution in [3.05, 3.63) is 65.5 Å². The number of halogens is 1. The Morgan fingerprint density at radius 2 is 1.95 bits per heavy atom. The standard InChI is InChI=1S/C16H14FNO2/c1-20-16(19)14(11-6-4-7-13(17)9-11)10-12-5-2-3-8-15(12)18/h2-10H,18H2,1H3/b14-10+. The quantitative estimate of drug-likeness (QED) is 0.404. The number of nitrogen functional groups attached to an aromatic ring is 1. The fourth-order valence-corrected chi connectivity index (χ4v) is 1.82. The number of hydrogen-bond acceptors (Lipinski definition) is 3. The number of rotatable bonds is 3. The molecule has 0 amide bonds. The number of carbonyl (C=O) groups is 1. The largest absolute Gasteiger partial charge is 0.465 e. The Morgan fingerprint density at radius 1 is 1.20 bits per heavy atom. The summed E-state index contributed by atoms with van der Waals surface area (Å²) in [4.78, 5) is 11.9. The molecule has 0 spiro atoms. The summed E-state index contributed by atoms with van der Waals surface area (Å²) in [7, 11) is 1.28. The van der Waals surface area contributed by atoms with Gasteiger partial charge in [-0.2, -0.15) is 0 Å². The monoisotopic (exact) mass is 271 g/mol. The Morgan fingerprint density at radius 3 is 2.60 bits per heavy atom. The first-order chi connectivity index (χ1) is 9.61. The van der Waals surface area contributed by atoms with E-state index in [1.165, 1.54) is 25.3 Å². The molecule has 2 aromatic carbocycles. The van der Waals surface area contributed by atoms with Crippen LogP contribution in [0.15, 0.2) is 48.5 Å². The van der Waals surface area contributed by atoms with Crippen LogP contribution in [0.1, 0.15) is 11.1 Å². The Hall–Kier alpha value is -2.62. The van der Waals surface area contributed by atoms with Crippen molar-refractivity contribution in [1.82, 2.24) is 0 Å². The maximum absolute atomic E-state index is 13.3. The third-order valence-electron chi connectivity index (χ3n) is 2.84. The minimum atomic E-state index is -0.543. The summed E-state index contributed by atoms with van der Waals surface area (Å²) < 4.78 is 18.1. The summed E-state index contributed by atoms with van der Waals surface area (Å²) in [6, 6.07) is 12.9. The van der Waals surface area contributed by atoms with Gasteiger partial charge in [-0.3, -0.25) is 0 Å². The van der Waals surface area contributed by atoms with Crippen LogP contribution in [0.3, 0.4) is 0 Å². The first kappa shape index (κ1) is 13.8. The molecule has 0 saturated carbocycles. The number of esters is 1. The Balaban J connectivity index is 2.54. The molecule has 0 atom stereocenters. The molecule has 0 aromatic heterocycles. The lowest BCUT2D eigenvalue weighted by Crippen LogP contribution is -2.04. The number of anilines is 1. The summed E-state index contributed by atoms with van der Waals surface area (Å²) in [6.45, 7) is 0. The smallest absolute Gasteiger partial charge is 0.338 e. The van der Waals surface area contributed by atoms with Crippen molar-refractivity contribution in [3.63, 3.8) is 0 Å². The van der Waals surface area contributed by atoms with Crippen LogP contribution in [0.5, 0.6) is 0 Å². The molecule has 0 fully saturated rings. The number of methoxy groups -OCH3 is 1. The summed E-state index contributed by atoms with van der Waals surface area (Å²) in [5.74, 6) is -0.961. The van der Waals surface area contributed by atoms with Crippen molar-refractivity contribution in [1.29, 1.82) is 0 Å².